The lowest BCUT2D eigenvalue weighted by atomic mass is 9.77. The zero-order valence-corrected chi connectivity index (χ0v) is 14.1. The third-order valence-corrected chi connectivity index (χ3v) is 4.00. The fourth-order valence-corrected chi connectivity index (χ4v) is 3.11. The first-order valence-corrected chi connectivity index (χ1v) is 8.34. The average Bonchev–Trinajstić information content (AvgIpc) is 2.20. The van der Waals surface area contributed by atoms with E-state index in [4.69, 9.17) is 0 Å². The second kappa shape index (κ2) is 8.26. The van der Waals surface area contributed by atoms with E-state index in [9.17, 15) is 0 Å². The van der Waals surface area contributed by atoms with Gasteiger partial charge in [0.2, 0.25) is 0 Å². The summed E-state index contributed by atoms with van der Waals surface area (Å²) in [6, 6.07) is 0.837. The molecule has 0 bridgehead atoms. The van der Waals surface area contributed by atoms with Gasteiger partial charge in [-0.1, -0.05) is 41.5 Å². The highest BCUT2D eigenvalue weighted by atomic mass is 15.2. The highest BCUT2D eigenvalue weighted by Crippen LogP contribution is 2.32. The van der Waals surface area contributed by atoms with Gasteiger partial charge in [-0.3, -0.25) is 4.90 Å². The standard InChI is InChI=1S/C17H36N2/c1-13(2)9-18-10-16-7-8-17(16)19(11-14(3)4)12-15(5)6/h13-18H,7-12H2,1-6H3. The molecule has 0 aromatic heterocycles. The summed E-state index contributed by atoms with van der Waals surface area (Å²) in [7, 11) is 0. The molecule has 0 saturated heterocycles. The van der Waals surface area contributed by atoms with Crippen LogP contribution < -0.4 is 5.32 Å². The van der Waals surface area contributed by atoms with Crippen molar-refractivity contribution in [2.45, 2.75) is 60.4 Å². The predicted octanol–water partition coefficient (Wildman–Crippen LogP) is 3.62. The van der Waals surface area contributed by atoms with E-state index >= 15 is 0 Å². The largest absolute Gasteiger partial charge is 0.316 e. The van der Waals surface area contributed by atoms with Gasteiger partial charge in [0, 0.05) is 19.1 Å². The Hall–Kier alpha value is -0.0800. The van der Waals surface area contributed by atoms with Crippen LogP contribution in [0.3, 0.4) is 0 Å². The summed E-state index contributed by atoms with van der Waals surface area (Å²) in [4.78, 5) is 2.76. The minimum Gasteiger partial charge on any atom is -0.316 e. The zero-order valence-electron chi connectivity index (χ0n) is 14.1. The molecule has 2 unspecified atom stereocenters. The van der Waals surface area contributed by atoms with Crippen LogP contribution in [0.1, 0.15) is 54.4 Å². The Bertz CT molecular complexity index is 225. The van der Waals surface area contributed by atoms with Gasteiger partial charge in [0.1, 0.15) is 0 Å². The molecule has 2 atom stereocenters. The van der Waals surface area contributed by atoms with Crippen molar-refractivity contribution in [2.24, 2.45) is 23.7 Å². The van der Waals surface area contributed by atoms with Gasteiger partial charge in [0.15, 0.2) is 0 Å². The average molecular weight is 268 g/mol. The predicted molar refractivity (Wildman–Crippen MR) is 85.5 cm³/mol. The van der Waals surface area contributed by atoms with Gasteiger partial charge in [0.25, 0.3) is 0 Å². The summed E-state index contributed by atoms with van der Waals surface area (Å²) >= 11 is 0. The van der Waals surface area contributed by atoms with Crippen LogP contribution in [-0.2, 0) is 0 Å². The molecule has 0 spiro atoms. The molecule has 1 rings (SSSR count). The van der Waals surface area contributed by atoms with Crippen molar-refractivity contribution in [3.63, 3.8) is 0 Å². The Morgan fingerprint density at radius 3 is 1.84 bits per heavy atom. The van der Waals surface area contributed by atoms with E-state index in [2.05, 4.69) is 51.8 Å². The van der Waals surface area contributed by atoms with Crippen LogP contribution in [-0.4, -0.2) is 37.1 Å². The van der Waals surface area contributed by atoms with Gasteiger partial charge in [-0.2, -0.15) is 0 Å². The third kappa shape index (κ3) is 6.27. The first-order chi connectivity index (χ1) is 8.90. The Balaban J connectivity index is 2.40. The summed E-state index contributed by atoms with van der Waals surface area (Å²) in [6.07, 6.45) is 2.83. The van der Waals surface area contributed by atoms with Crippen LogP contribution in [0.4, 0.5) is 0 Å². The van der Waals surface area contributed by atoms with Gasteiger partial charge < -0.3 is 5.32 Å². The first kappa shape index (κ1) is 17.0. The number of hydrogen-bond acceptors (Lipinski definition) is 2. The topological polar surface area (TPSA) is 15.3 Å². The maximum atomic E-state index is 3.65. The van der Waals surface area contributed by atoms with Gasteiger partial charge >= 0.3 is 0 Å². The van der Waals surface area contributed by atoms with Crippen molar-refractivity contribution in [2.75, 3.05) is 26.2 Å². The Labute approximate surface area is 121 Å². The van der Waals surface area contributed by atoms with E-state index in [0.29, 0.717) is 0 Å². The summed E-state index contributed by atoms with van der Waals surface area (Å²) < 4.78 is 0. The maximum absolute atomic E-state index is 3.65. The summed E-state index contributed by atoms with van der Waals surface area (Å²) in [5, 5.41) is 3.65. The van der Waals surface area contributed by atoms with Crippen molar-refractivity contribution >= 4 is 0 Å². The molecule has 0 aliphatic heterocycles. The lowest BCUT2D eigenvalue weighted by Gasteiger charge is -2.46. The lowest BCUT2D eigenvalue weighted by Crippen LogP contribution is -2.52. The van der Waals surface area contributed by atoms with Crippen molar-refractivity contribution in [1.82, 2.24) is 10.2 Å². The molecule has 0 amide bonds. The minimum atomic E-state index is 0.765. The van der Waals surface area contributed by atoms with Crippen LogP contribution in [0, 0.1) is 23.7 Å². The Morgan fingerprint density at radius 1 is 0.895 bits per heavy atom. The van der Waals surface area contributed by atoms with Crippen molar-refractivity contribution in [3.8, 4) is 0 Å². The fourth-order valence-electron chi connectivity index (χ4n) is 3.11. The molecular weight excluding hydrogens is 232 g/mol. The third-order valence-electron chi connectivity index (χ3n) is 4.00. The summed E-state index contributed by atoms with van der Waals surface area (Å²) in [5.74, 6) is 3.21. The van der Waals surface area contributed by atoms with Gasteiger partial charge in [-0.25, -0.2) is 0 Å². The Morgan fingerprint density at radius 2 is 1.47 bits per heavy atom. The fraction of sp³-hybridized carbons (Fsp3) is 1.00. The molecular formula is C17H36N2. The molecule has 0 heterocycles. The van der Waals surface area contributed by atoms with Gasteiger partial charge in [0.05, 0.1) is 0 Å². The normalized spacial score (nSPS) is 23.7. The van der Waals surface area contributed by atoms with Crippen molar-refractivity contribution in [3.05, 3.63) is 0 Å². The second-order valence-electron chi connectivity index (χ2n) is 7.70. The summed E-state index contributed by atoms with van der Waals surface area (Å²) in [6.45, 7) is 18.9. The molecule has 0 radical (unpaired) electrons. The van der Waals surface area contributed by atoms with Crippen molar-refractivity contribution < 1.29 is 0 Å². The number of hydrogen-bond donors (Lipinski definition) is 1. The second-order valence-corrected chi connectivity index (χ2v) is 7.70. The van der Waals surface area contributed by atoms with Crippen LogP contribution in [0.2, 0.25) is 0 Å². The molecule has 2 heteroatoms. The van der Waals surface area contributed by atoms with E-state index in [0.717, 1.165) is 36.3 Å². The van der Waals surface area contributed by atoms with Crippen LogP contribution >= 0.6 is 0 Å². The first-order valence-electron chi connectivity index (χ1n) is 8.34. The molecule has 19 heavy (non-hydrogen) atoms. The molecule has 1 aliphatic rings. The number of nitrogens with zero attached hydrogens (tertiary/aromatic N) is 1. The molecule has 1 saturated carbocycles. The molecule has 114 valence electrons. The molecule has 1 N–H and O–H groups in total. The number of nitrogens with one attached hydrogen (secondary N) is 1. The lowest BCUT2D eigenvalue weighted by molar-refractivity contribution is 0.0433. The zero-order chi connectivity index (χ0) is 14.4. The molecule has 0 aromatic rings. The maximum Gasteiger partial charge on any atom is 0.0136 e. The molecule has 0 aromatic carbocycles. The van der Waals surface area contributed by atoms with Gasteiger partial charge in [-0.05, 0) is 49.6 Å². The van der Waals surface area contributed by atoms with Crippen molar-refractivity contribution in [1.29, 1.82) is 0 Å². The van der Waals surface area contributed by atoms with Crippen LogP contribution in [0.25, 0.3) is 0 Å². The van der Waals surface area contributed by atoms with Crippen LogP contribution in [0.15, 0.2) is 0 Å². The van der Waals surface area contributed by atoms with E-state index < -0.39 is 0 Å². The quantitative estimate of drug-likeness (QED) is 0.687. The SMILES string of the molecule is CC(C)CNCC1CCC1N(CC(C)C)CC(C)C. The summed E-state index contributed by atoms with van der Waals surface area (Å²) in [5.41, 5.74) is 0. The number of rotatable bonds is 9. The highest BCUT2D eigenvalue weighted by molar-refractivity contribution is 4.90. The van der Waals surface area contributed by atoms with E-state index in [1.54, 1.807) is 0 Å². The van der Waals surface area contributed by atoms with Gasteiger partial charge in [-0.15, -0.1) is 0 Å². The molecule has 2 nitrogen and oxygen atoms in total. The molecule has 1 aliphatic carbocycles. The van der Waals surface area contributed by atoms with E-state index in [1.165, 1.54) is 32.5 Å². The smallest absolute Gasteiger partial charge is 0.0136 e. The highest BCUT2D eigenvalue weighted by Gasteiger charge is 2.35. The van der Waals surface area contributed by atoms with E-state index in [-0.39, 0.29) is 0 Å². The Kier molecular flexibility index (Phi) is 7.38. The van der Waals surface area contributed by atoms with E-state index in [1.807, 2.05) is 0 Å². The molecule has 1 fully saturated rings. The minimum absolute atomic E-state index is 0.765. The van der Waals surface area contributed by atoms with Crippen LogP contribution in [0.5, 0.6) is 0 Å². The monoisotopic (exact) mass is 268 g/mol.